The number of nitrogens with zero attached hydrogens (tertiary/aromatic N) is 1. The van der Waals surface area contributed by atoms with E-state index in [0.717, 1.165) is 37.2 Å². The second-order valence-corrected chi connectivity index (χ2v) is 14.2. The summed E-state index contributed by atoms with van der Waals surface area (Å²) in [6.07, 6.45) is 3.19. The van der Waals surface area contributed by atoms with Gasteiger partial charge in [-0.3, -0.25) is 9.59 Å². The van der Waals surface area contributed by atoms with Crippen LogP contribution in [-0.2, 0) is 19.7 Å². The number of Topliss-reactive ketones (excluding diaryl/α,β-unsaturated/α-hetero) is 2. The van der Waals surface area contributed by atoms with Gasteiger partial charge in [0.15, 0.2) is 11.6 Å². The van der Waals surface area contributed by atoms with Gasteiger partial charge in [0.1, 0.15) is 10.6 Å². The first-order valence-electron chi connectivity index (χ1n) is 13.7. The third-order valence-electron chi connectivity index (χ3n) is 7.90. The van der Waals surface area contributed by atoms with E-state index in [9.17, 15) is 18.0 Å². The van der Waals surface area contributed by atoms with Gasteiger partial charge in [0.05, 0.1) is 0 Å². The minimum absolute atomic E-state index is 0.0553. The van der Waals surface area contributed by atoms with Crippen LogP contribution in [-0.4, -0.2) is 31.4 Å². The van der Waals surface area contributed by atoms with Crippen molar-refractivity contribution in [3.8, 4) is 5.75 Å². The van der Waals surface area contributed by atoms with Crippen LogP contribution in [0.2, 0.25) is 0 Å². The maximum Gasteiger partial charge on any atom is 0.339 e. The molecule has 6 nitrogen and oxygen atoms in total. The molecule has 1 aliphatic heterocycles. The van der Waals surface area contributed by atoms with E-state index in [4.69, 9.17) is 4.18 Å². The van der Waals surface area contributed by atoms with Crippen LogP contribution in [0.25, 0.3) is 0 Å². The zero-order valence-electron chi connectivity index (χ0n) is 23.4. The Bertz CT molecular complexity index is 1440. The molecule has 0 fully saturated rings. The first kappa shape index (κ1) is 27.4. The summed E-state index contributed by atoms with van der Waals surface area (Å²) in [4.78, 5) is 30.0. The molecule has 0 spiro atoms. The Balaban J connectivity index is 1.67. The molecule has 2 aromatic rings. The fraction of sp³-hybridized carbons (Fsp3) is 0.438. The number of allylic oxidation sites excluding steroid dienone is 4. The van der Waals surface area contributed by atoms with Crippen molar-refractivity contribution in [3.05, 3.63) is 82.7 Å². The van der Waals surface area contributed by atoms with Crippen molar-refractivity contribution in [2.24, 2.45) is 10.8 Å². The molecule has 0 amide bonds. The smallest absolute Gasteiger partial charge is 0.339 e. The van der Waals surface area contributed by atoms with Crippen molar-refractivity contribution in [3.63, 3.8) is 0 Å². The molecule has 206 valence electrons. The molecule has 0 unspecified atom stereocenters. The van der Waals surface area contributed by atoms with Crippen LogP contribution in [0, 0.1) is 10.8 Å². The van der Waals surface area contributed by atoms with Crippen molar-refractivity contribution in [2.45, 2.75) is 77.5 Å². The summed E-state index contributed by atoms with van der Waals surface area (Å²) in [7, 11) is -4.04. The Hall–Kier alpha value is -3.19. The molecule has 2 aromatic carbocycles. The fourth-order valence-corrected chi connectivity index (χ4v) is 7.33. The molecular formula is C32H37NO5S. The van der Waals surface area contributed by atoms with Gasteiger partial charge in [-0.15, -0.1) is 0 Å². The topological polar surface area (TPSA) is 80.8 Å². The van der Waals surface area contributed by atoms with Crippen molar-refractivity contribution in [2.75, 3.05) is 6.54 Å². The molecule has 0 atom stereocenters. The molecule has 0 N–H and O–H groups in total. The number of rotatable bonds is 6. The number of hydrogen-bond acceptors (Lipinski definition) is 6. The van der Waals surface area contributed by atoms with Crippen molar-refractivity contribution >= 4 is 21.7 Å². The molecule has 2 aliphatic carbocycles. The predicted molar refractivity (Wildman–Crippen MR) is 151 cm³/mol. The standard InChI is InChI=1S/C32H37NO5S/c1-6-15-33-24-17-31(2,3)19-26(34)29(24)28(30-25(33)18-32(4,5)20-27(30)35)21-11-10-12-22(16-21)38-39(36,37)23-13-8-7-9-14-23/h7-14,16,28H,6,15,17-20H2,1-5H3. The van der Waals surface area contributed by atoms with Gasteiger partial charge < -0.3 is 9.08 Å². The van der Waals surface area contributed by atoms with Gasteiger partial charge in [-0.1, -0.05) is 65.0 Å². The summed E-state index contributed by atoms with van der Waals surface area (Å²) in [5.41, 5.74) is 3.70. The minimum Gasteiger partial charge on any atom is -0.379 e. The molecule has 39 heavy (non-hydrogen) atoms. The molecule has 0 bridgehead atoms. The Labute approximate surface area is 231 Å². The highest BCUT2D eigenvalue weighted by Gasteiger charge is 2.48. The van der Waals surface area contributed by atoms with Gasteiger partial charge in [0, 0.05) is 47.8 Å². The van der Waals surface area contributed by atoms with Crippen LogP contribution < -0.4 is 4.18 Å². The lowest BCUT2D eigenvalue weighted by Crippen LogP contribution is -2.44. The van der Waals surface area contributed by atoms with E-state index in [0.29, 0.717) is 29.6 Å². The lowest BCUT2D eigenvalue weighted by Gasteiger charge is -2.49. The first-order valence-corrected chi connectivity index (χ1v) is 15.1. The van der Waals surface area contributed by atoms with Crippen LogP contribution in [0.5, 0.6) is 5.75 Å². The Morgan fingerprint density at radius 2 is 1.38 bits per heavy atom. The molecular weight excluding hydrogens is 510 g/mol. The molecule has 1 heterocycles. The largest absolute Gasteiger partial charge is 0.379 e. The number of ketones is 2. The van der Waals surface area contributed by atoms with Crippen molar-refractivity contribution in [1.82, 2.24) is 4.90 Å². The number of hydrogen-bond donors (Lipinski definition) is 0. The van der Waals surface area contributed by atoms with Crippen molar-refractivity contribution < 1.29 is 22.2 Å². The summed E-state index contributed by atoms with van der Waals surface area (Å²) < 4.78 is 31.4. The highest BCUT2D eigenvalue weighted by molar-refractivity contribution is 7.87. The zero-order valence-corrected chi connectivity index (χ0v) is 24.2. The molecule has 0 radical (unpaired) electrons. The highest BCUT2D eigenvalue weighted by Crippen LogP contribution is 2.54. The quantitative estimate of drug-likeness (QED) is 0.382. The van der Waals surface area contributed by atoms with E-state index in [2.05, 4.69) is 39.5 Å². The van der Waals surface area contributed by atoms with Gasteiger partial charge in [-0.25, -0.2) is 0 Å². The van der Waals surface area contributed by atoms with E-state index in [1.54, 1.807) is 36.4 Å². The third kappa shape index (κ3) is 5.21. The van der Waals surface area contributed by atoms with Crippen molar-refractivity contribution in [1.29, 1.82) is 0 Å². The first-order chi connectivity index (χ1) is 18.3. The summed E-state index contributed by atoms with van der Waals surface area (Å²) in [6, 6.07) is 14.9. The van der Waals surface area contributed by atoms with Crippen LogP contribution in [0.15, 0.2) is 82.0 Å². The van der Waals surface area contributed by atoms with Crippen LogP contribution in [0.3, 0.4) is 0 Å². The maximum atomic E-state index is 13.8. The van der Waals surface area contributed by atoms with E-state index < -0.39 is 16.0 Å². The van der Waals surface area contributed by atoms with Gasteiger partial charge in [-0.2, -0.15) is 8.42 Å². The van der Waals surface area contributed by atoms with Crippen LogP contribution in [0.1, 0.15) is 78.2 Å². The van der Waals surface area contributed by atoms with Crippen LogP contribution in [0.4, 0.5) is 0 Å². The second-order valence-electron chi connectivity index (χ2n) is 12.6. The van der Waals surface area contributed by atoms with E-state index in [1.807, 2.05) is 6.07 Å². The predicted octanol–water partition coefficient (Wildman–Crippen LogP) is 6.55. The normalized spacial score (nSPS) is 21.1. The summed E-state index contributed by atoms with van der Waals surface area (Å²) >= 11 is 0. The summed E-state index contributed by atoms with van der Waals surface area (Å²) in [5, 5.41) is 0. The zero-order chi connectivity index (χ0) is 28.2. The minimum atomic E-state index is -4.04. The maximum absolute atomic E-state index is 13.8. The summed E-state index contributed by atoms with van der Waals surface area (Å²) in [6.45, 7) is 11.3. The second kappa shape index (κ2) is 9.77. The molecule has 5 rings (SSSR count). The van der Waals surface area contributed by atoms with Gasteiger partial charge in [0.2, 0.25) is 0 Å². The lowest BCUT2D eigenvalue weighted by molar-refractivity contribution is -0.119. The summed E-state index contributed by atoms with van der Waals surface area (Å²) in [5.74, 6) is -0.276. The Morgan fingerprint density at radius 1 is 0.821 bits per heavy atom. The van der Waals surface area contributed by atoms with Gasteiger partial charge in [0.25, 0.3) is 0 Å². The van der Waals surface area contributed by atoms with Gasteiger partial charge >= 0.3 is 10.1 Å². The van der Waals surface area contributed by atoms with Crippen LogP contribution >= 0.6 is 0 Å². The molecule has 0 saturated heterocycles. The Morgan fingerprint density at radius 3 is 1.92 bits per heavy atom. The number of carbonyl (C=O) groups excluding carboxylic acids is 2. The average molecular weight is 548 g/mol. The monoisotopic (exact) mass is 547 g/mol. The SMILES string of the molecule is CCCN1C2=C(C(=O)CC(C)(C)C2)C(c2cccc(OS(=O)(=O)c3ccccc3)c2)C2=C1CC(C)(C)CC2=O. The number of carbonyl (C=O) groups is 2. The molecule has 3 aliphatic rings. The van der Waals surface area contributed by atoms with E-state index in [1.165, 1.54) is 12.1 Å². The highest BCUT2D eigenvalue weighted by atomic mass is 32.2. The Kier molecular flexibility index (Phi) is 6.86. The average Bonchev–Trinajstić information content (AvgIpc) is 2.84. The van der Waals surface area contributed by atoms with E-state index >= 15 is 0 Å². The molecule has 0 aromatic heterocycles. The van der Waals surface area contributed by atoms with E-state index in [-0.39, 0.29) is 33.0 Å². The fourth-order valence-electron chi connectivity index (χ4n) is 6.38. The third-order valence-corrected chi connectivity index (χ3v) is 9.16. The van der Waals surface area contributed by atoms with Gasteiger partial charge in [-0.05, 0) is 59.9 Å². The number of benzene rings is 2. The molecule has 0 saturated carbocycles. The lowest BCUT2D eigenvalue weighted by atomic mass is 9.63. The molecule has 7 heteroatoms.